The van der Waals surface area contributed by atoms with E-state index in [1.54, 1.807) is 0 Å². The smallest absolute Gasteiger partial charge is 0.0795 e. The molecule has 0 aliphatic rings. The summed E-state index contributed by atoms with van der Waals surface area (Å²) in [6.45, 7) is 0. The molecule has 140 valence electrons. The van der Waals surface area contributed by atoms with Crippen molar-refractivity contribution in [3.8, 4) is 22.4 Å². The van der Waals surface area contributed by atoms with E-state index in [4.69, 9.17) is 9.97 Å². The van der Waals surface area contributed by atoms with Gasteiger partial charge in [0, 0.05) is 45.2 Å². The zero-order valence-electron chi connectivity index (χ0n) is 16.2. The summed E-state index contributed by atoms with van der Waals surface area (Å²) in [6, 6.07) is 31.1. The van der Waals surface area contributed by atoms with E-state index in [-0.39, 0.29) is 0 Å². The van der Waals surface area contributed by atoms with E-state index < -0.39 is 0 Å². The van der Waals surface area contributed by atoms with Crippen molar-refractivity contribution in [3.05, 3.63) is 103 Å². The topological polar surface area (TPSA) is 38.7 Å². The standard InChI is InChI=1S/C27H17N3/c1-3-11-24-18(7-1)15-20(17-29-24)23-16-19-8-2-4-12-25(19)30-27(23)22-9-5-13-26-21(22)10-6-14-28-26/h1-17H. The van der Waals surface area contributed by atoms with Gasteiger partial charge in [-0.1, -0.05) is 54.6 Å². The molecule has 0 spiro atoms. The first kappa shape index (κ1) is 16.8. The number of hydrogen-bond donors (Lipinski definition) is 0. The van der Waals surface area contributed by atoms with Gasteiger partial charge in [0.15, 0.2) is 0 Å². The van der Waals surface area contributed by atoms with E-state index in [1.165, 1.54) is 0 Å². The highest BCUT2D eigenvalue weighted by Crippen LogP contribution is 2.37. The van der Waals surface area contributed by atoms with Gasteiger partial charge in [-0.15, -0.1) is 0 Å². The molecule has 6 rings (SSSR count). The molecule has 3 nitrogen and oxygen atoms in total. The summed E-state index contributed by atoms with van der Waals surface area (Å²) in [6.07, 6.45) is 3.77. The van der Waals surface area contributed by atoms with Crippen molar-refractivity contribution in [2.45, 2.75) is 0 Å². The molecule has 0 bridgehead atoms. The molecule has 3 aromatic carbocycles. The number of rotatable bonds is 2. The monoisotopic (exact) mass is 383 g/mol. The summed E-state index contributed by atoms with van der Waals surface area (Å²) in [5.74, 6) is 0. The molecule has 3 aromatic heterocycles. The highest BCUT2D eigenvalue weighted by Gasteiger charge is 2.15. The fraction of sp³-hybridized carbons (Fsp3) is 0. The maximum Gasteiger partial charge on any atom is 0.0795 e. The van der Waals surface area contributed by atoms with E-state index in [0.717, 1.165) is 55.1 Å². The van der Waals surface area contributed by atoms with Gasteiger partial charge in [-0.3, -0.25) is 9.97 Å². The second-order valence-corrected chi connectivity index (χ2v) is 7.37. The van der Waals surface area contributed by atoms with Gasteiger partial charge in [-0.05, 0) is 36.4 Å². The second kappa shape index (κ2) is 6.75. The van der Waals surface area contributed by atoms with E-state index in [9.17, 15) is 0 Å². The van der Waals surface area contributed by atoms with Crippen LogP contribution in [0.4, 0.5) is 0 Å². The molecule has 0 aliphatic carbocycles. The van der Waals surface area contributed by atoms with Crippen molar-refractivity contribution >= 4 is 32.7 Å². The summed E-state index contributed by atoms with van der Waals surface area (Å²) >= 11 is 0. The van der Waals surface area contributed by atoms with Crippen LogP contribution in [0.1, 0.15) is 0 Å². The molecule has 30 heavy (non-hydrogen) atoms. The lowest BCUT2D eigenvalue weighted by Gasteiger charge is -2.13. The van der Waals surface area contributed by atoms with Crippen molar-refractivity contribution in [2.24, 2.45) is 0 Å². The van der Waals surface area contributed by atoms with E-state index >= 15 is 0 Å². The average molecular weight is 383 g/mol. The largest absolute Gasteiger partial charge is 0.256 e. The number of aromatic nitrogens is 3. The fourth-order valence-electron chi connectivity index (χ4n) is 4.07. The SMILES string of the molecule is c1ccc2ncc(-c3cc4ccccc4nc3-c3cccc4ncccc34)cc2c1. The lowest BCUT2D eigenvalue weighted by molar-refractivity contribution is 1.37. The number of para-hydroxylation sites is 2. The van der Waals surface area contributed by atoms with Gasteiger partial charge in [-0.25, -0.2) is 4.98 Å². The molecular weight excluding hydrogens is 366 g/mol. The Kier molecular flexibility index (Phi) is 3.78. The Morgan fingerprint density at radius 3 is 2.20 bits per heavy atom. The van der Waals surface area contributed by atoms with Crippen LogP contribution >= 0.6 is 0 Å². The normalized spacial score (nSPS) is 11.3. The van der Waals surface area contributed by atoms with Crippen molar-refractivity contribution in [1.29, 1.82) is 0 Å². The Hall–Kier alpha value is -4.11. The van der Waals surface area contributed by atoms with Gasteiger partial charge in [0.2, 0.25) is 0 Å². The molecule has 0 unspecified atom stereocenters. The Morgan fingerprint density at radius 1 is 0.533 bits per heavy atom. The van der Waals surface area contributed by atoms with Crippen LogP contribution in [0.15, 0.2) is 103 Å². The Balaban J connectivity index is 1.70. The highest BCUT2D eigenvalue weighted by atomic mass is 14.7. The van der Waals surface area contributed by atoms with Crippen LogP contribution < -0.4 is 0 Å². The van der Waals surface area contributed by atoms with Gasteiger partial charge in [-0.2, -0.15) is 0 Å². The van der Waals surface area contributed by atoms with Gasteiger partial charge < -0.3 is 0 Å². The molecule has 0 atom stereocenters. The fourth-order valence-corrected chi connectivity index (χ4v) is 4.07. The summed E-state index contributed by atoms with van der Waals surface area (Å²) in [4.78, 5) is 14.3. The zero-order valence-corrected chi connectivity index (χ0v) is 16.2. The third kappa shape index (κ3) is 2.72. The molecule has 0 saturated carbocycles. The molecule has 0 aliphatic heterocycles. The van der Waals surface area contributed by atoms with E-state index in [2.05, 4.69) is 47.4 Å². The summed E-state index contributed by atoms with van der Waals surface area (Å²) in [7, 11) is 0. The molecule has 0 N–H and O–H groups in total. The number of hydrogen-bond acceptors (Lipinski definition) is 3. The van der Waals surface area contributed by atoms with Gasteiger partial charge in [0.1, 0.15) is 0 Å². The first-order valence-electron chi connectivity index (χ1n) is 9.96. The van der Waals surface area contributed by atoms with E-state index in [1.807, 2.05) is 60.9 Å². The van der Waals surface area contributed by atoms with Crippen molar-refractivity contribution in [2.75, 3.05) is 0 Å². The average Bonchev–Trinajstić information content (AvgIpc) is 2.82. The van der Waals surface area contributed by atoms with Crippen LogP contribution in [0.25, 0.3) is 55.1 Å². The number of nitrogens with zero attached hydrogens (tertiary/aromatic N) is 3. The molecule has 0 fully saturated rings. The van der Waals surface area contributed by atoms with Gasteiger partial charge in [0.25, 0.3) is 0 Å². The molecule has 3 heterocycles. The number of pyridine rings is 3. The predicted molar refractivity (Wildman–Crippen MR) is 123 cm³/mol. The Labute approximate surface area is 173 Å². The van der Waals surface area contributed by atoms with Crippen molar-refractivity contribution in [3.63, 3.8) is 0 Å². The van der Waals surface area contributed by atoms with Crippen molar-refractivity contribution in [1.82, 2.24) is 15.0 Å². The summed E-state index contributed by atoms with van der Waals surface area (Å²) in [5.41, 5.74) is 7.09. The van der Waals surface area contributed by atoms with Crippen LogP contribution in [0.5, 0.6) is 0 Å². The maximum atomic E-state index is 5.10. The molecule has 3 heteroatoms. The first-order valence-corrected chi connectivity index (χ1v) is 9.96. The molecule has 0 saturated heterocycles. The molecular formula is C27H17N3. The number of fused-ring (bicyclic) bond motifs is 3. The van der Waals surface area contributed by atoms with E-state index in [0.29, 0.717) is 0 Å². The molecule has 0 radical (unpaired) electrons. The van der Waals surface area contributed by atoms with Gasteiger partial charge in [0.05, 0.1) is 22.2 Å². The lowest BCUT2D eigenvalue weighted by atomic mass is 9.95. The quantitative estimate of drug-likeness (QED) is 0.335. The molecule has 6 aromatic rings. The Bertz CT molecular complexity index is 1550. The Morgan fingerprint density at radius 2 is 1.30 bits per heavy atom. The minimum atomic E-state index is 0.949. The predicted octanol–water partition coefficient (Wildman–Crippen LogP) is 6.67. The third-order valence-corrected chi connectivity index (χ3v) is 5.53. The summed E-state index contributed by atoms with van der Waals surface area (Å²) < 4.78 is 0. The van der Waals surface area contributed by atoms with Crippen LogP contribution in [-0.4, -0.2) is 15.0 Å². The highest BCUT2D eigenvalue weighted by molar-refractivity contribution is 6.01. The lowest BCUT2D eigenvalue weighted by Crippen LogP contribution is -1.94. The molecule has 0 amide bonds. The summed E-state index contributed by atoms with van der Waals surface area (Å²) in [5, 5.41) is 3.33. The zero-order chi connectivity index (χ0) is 19.9. The maximum absolute atomic E-state index is 5.10. The van der Waals surface area contributed by atoms with Crippen LogP contribution in [0.2, 0.25) is 0 Å². The second-order valence-electron chi connectivity index (χ2n) is 7.37. The van der Waals surface area contributed by atoms with Gasteiger partial charge >= 0.3 is 0 Å². The first-order chi connectivity index (χ1) is 14.9. The van der Waals surface area contributed by atoms with Crippen LogP contribution in [0, 0.1) is 0 Å². The van der Waals surface area contributed by atoms with Crippen molar-refractivity contribution < 1.29 is 0 Å². The minimum Gasteiger partial charge on any atom is -0.256 e. The minimum absolute atomic E-state index is 0.949. The van der Waals surface area contributed by atoms with Crippen LogP contribution in [-0.2, 0) is 0 Å². The van der Waals surface area contributed by atoms with Crippen LogP contribution in [0.3, 0.4) is 0 Å². The number of benzene rings is 3. The third-order valence-electron chi connectivity index (χ3n) is 5.53.